The van der Waals surface area contributed by atoms with Gasteiger partial charge in [0, 0.05) is 21.5 Å². The zero-order valence-electron chi connectivity index (χ0n) is 11.8. The van der Waals surface area contributed by atoms with E-state index in [1.54, 1.807) is 17.8 Å². The lowest BCUT2D eigenvalue weighted by atomic mass is 10.0. The number of H-pyrrole nitrogens is 1. The highest BCUT2D eigenvalue weighted by Crippen LogP contribution is 2.34. The monoisotopic (exact) mass is 300 g/mol. The molecule has 3 aromatic rings. The molecule has 1 aromatic heterocycles. The first-order chi connectivity index (χ1) is 10.0. The maximum atomic E-state index is 11.2. The fourth-order valence-electron chi connectivity index (χ4n) is 2.13. The molecule has 1 heterocycles. The summed E-state index contributed by atoms with van der Waals surface area (Å²) in [5, 5.41) is 0. The first-order valence-corrected chi connectivity index (χ1v) is 7.55. The maximum Gasteiger partial charge on any atom is 0.417 e. The predicted molar refractivity (Wildman–Crippen MR) is 85.9 cm³/mol. The van der Waals surface area contributed by atoms with E-state index in [1.165, 1.54) is 5.56 Å². The third-order valence-electron chi connectivity index (χ3n) is 3.33. The quantitative estimate of drug-likeness (QED) is 0.718. The van der Waals surface area contributed by atoms with Crippen LogP contribution in [0, 0.1) is 0 Å². The fraction of sp³-hybridized carbons (Fsp3) is 0.188. The van der Waals surface area contributed by atoms with Crippen LogP contribution in [0.4, 0.5) is 5.69 Å². The zero-order chi connectivity index (χ0) is 15.0. The minimum atomic E-state index is -0.465. The number of oxazole rings is 1. The second-order valence-corrected chi connectivity index (χ2v) is 6.34. The van der Waals surface area contributed by atoms with Crippen molar-refractivity contribution in [2.75, 3.05) is 5.73 Å². The van der Waals surface area contributed by atoms with Gasteiger partial charge in [-0.05, 0) is 29.7 Å². The average Bonchev–Trinajstić information content (AvgIpc) is 2.79. The van der Waals surface area contributed by atoms with Gasteiger partial charge in [-0.25, -0.2) is 4.79 Å². The standard InChI is InChI=1S/C16H16N2O2S/c1-9(2)10-3-5-11(6-4-10)21-15-8-13-14(7-12(15)17)20-16(19)18-13/h3-9H,17H2,1-2H3,(H,18,19). The Hall–Kier alpha value is -2.14. The van der Waals surface area contributed by atoms with Crippen molar-refractivity contribution in [3.05, 3.63) is 52.5 Å². The maximum absolute atomic E-state index is 11.2. The first-order valence-electron chi connectivity index (χ1n) is 6.73. The molecule has 0 unspecified atom stereocenters. The summed E-state index contributed by atoms with van der Waals surface area (Å²) in [6.45, 7) is 4.34. The van der Waals surface area contributed by atoms with E-state index in [2.05, 4.69) is 43.1 Å². The minimum absolute atomic E-state index is 0.465. The van der Waals surface area contributed by atoms with Crippen molar-refractivity contribution in [1.29, 1.82) is 0 Å². The van der Waals surface area contributed by atoms with Gasteiger partial charge in [-0.15, -0.1) is 0 Å². The molecule has 0 aliphatic rings. The van der Waals surface area contributed by atoms with E-state index in [1.807, 2.05) is 6.07 Å². The number of aromatic nitrogens is 1. The minimum Gasteiger partial charge on any atom is -0.408 e. The lowest BCUT2D eigenvalue weighted by Crippen LogP contribution is -1.93. The molecule has 0 saturated heterocycles. The molecule has 0 radical (unpaired) electrons. The number of nitrogens with two attached hydrogens (primary N) is 1. The van der Waals surface area contributed by atoms with Crippen LogP contribution in [0.25, 0.3) is 11.1 Å². The summed E-state index contributed by atoms with van der Waals surface area (Å²) in [5.74, 6) is 0.0503. The van der Waals surface area contributed by atoms with Crippen molar-refractivity contribution < 1.29 is 4.42 Å². The van der Waals surface area contributed by atoms with Gasteiger partial charge in [0.05, 0.1) is 5.52 Å². The second kappa shape index (κ2) is 5.33. The van der Waals surface area contributed by atoms with Gasteiger partial charge in [-0.2, -0.15) is 0 Å². The number of anilines is 1. The van der Waals surface area contributed by atoms with Gasteiger partial charge in [0.2, 0.25) is 0 Å². The van der Waals surface area contributed by atoms with E-state index in [-0.39, 0.29) is 0 Å². The van der Waals surface area contributed by atoms with E-state index in [9.17, 15) is 4.79 Å². The molecule has 4 nitrogen and oxygen atoms in total. The SMILES string of the molecule is CC(C)c1ccc(Sc2cc3[nH]c(=O)oc3cc2N)cc1. The molecule has 108 valence electrons. The summed E-state index contributed by atoms with van der Waals surface area (Å²) in [7, 11) is 0. The molecule has 0 aliphatic carbocycles. The van der Waals surface area contributed by atoms with Crippen LogP contribution in [0.3, 0.4) is 0 Å². The third kappa shape index (κ3) is 2.83. The van der Waals surface area contributed by atoms with Crippen LogP contribution in [0.15, 0.2) is 55.4 Å². The molecular weight excluding hydrogens is 284 g/mol. The van der Waals surface area contributed by atoms with Crippen molar-refractivity contribution >= 4 is 28.5 Å². The van der Waals surface area contributed by atoms with Crippen molar-refractivity contribution in [3.8, 4) is 0 Å². The Morgan fingerprint density at radius 2 is 1.90 bits per heavy atom. The van der Waals surface area contributed by atoms with Crippen LogP contribution in [0.2, 0.25) is 0 Å². The highest BCUT2D eigenvalue weighted by Gasteiger charge is 2.08. The number of hydrogen-bond acceptors (Lipinski definition) is 4. The van der Waals surface area contributed by atoms with Crippen molar-refractivity contribution in [1.82, 2.24) is 4.98 Å². The fourth-order valence-corrected chi connectivity index (χ4v) is 3.01. The van der Waals surface area contributed by atoms with Crippen LogP contribution >= 0.6 is 11.8 Å². The van der Waals surface area contributed by atoms with Crippen molar-refractivity contribution in [3.63, 3.8) is 0 Å². The Kier molecular flexibility index (Phi) is 3.51. The number of fused-ring (bicyclic) bond motifs is 1. The molecule has 0 fully saturated rings. The number of benzene rings is 2. The summed E-state index contributed by atoms with van der Waals surface area (Å²) in [5.41, 5.74) is 9.08. The highest BCUT2D eigenvalue weighted by molar-refractivity contribution is 7.99. The van der Waals surface area contributed by atoms with Gasteiger partial charge >= 0.3 is 5.76 Å². The van der Waals surface area contributed by atoms with Crippen LogP contribution in [-0.2, 0) is 0 Å². The number of rotatable bonds is 3. The van der Waals surface area contributed by atoms with Crippen LogP contribution in [0.5, 0.6) is 0 Å². The van der Waals surface area contributed by atoms with Gasteiger partial charge in [-0.1, -0.05) is 37.7 Å². The van der Waals surface area contributed by atoms with Gasteiger partial charge in [0.25, 0.3) is 0 Å². The molecule has 0 bridgehead atoms. The Morgan fingerprint density at radius 1 is 1.19 bits per heavy atom. The number of nitrogen functional groups attached to an aromatic ring is 1. The molecule has 0 atom stereocenters. The summed E-state index contributed by atoms with van der Waals surface area (Å²) in [4.78, 5) is 15.9. The van der Waals surface area contributed by atoms with Gasteiger partial charge in [-0.3, -0.25) is 4.98 Å². The number of hydrogen-bond donors (Lipinski definition) is 2. The normalized spacial score (nSPS) is 11.4. The summed E-state index contributed by atoms with van der Waals surface area (Å²) < 4.78 is 5.00. The predicted octanol–water partition coefficient (Wildman–Crippen LogP) is 3.98. The van der Waals surface area contributed by atoms with E-state index < -0.39 is 5.76 Å². The zero-order valence-corrected chi connectivity index (χ0v) is 12.7. The van der Waals surface area contributed by atoms with Crippen LogP contribution < -0.4 is 11.5 Å². The molecule has 21 heavy (non-hydrogen) atoms. The molecule has 0 saturated carbocycles. The van der Waals surface area contributed by atoms with E-state index >= 15 is 0 Å². The van der Waals surface area contributed by atoms with Gasteiger partial charge in [0.1, 0.15) is 0 Å². The summed E-state index contributed by atoms with van der Waals surface area (Å²) in [6, 6.07) is 11.9. The molecule has 5 heteroatoms. The Labute approximate surface area is 126 Å². The molecule has 0 spiro atoms. The first kappa shape index (κ1) is 13.8. The smallest absolute Gasteiger partial charge is 0.408 e. The van der Waals surface area contributed by atoms with Gasteiger partial charge < -0.3 is 10.2 Å². The van der Waals surface area contributed by atoms with Crippen LogP contribution in [0.1, 0.15) is 25.3 Å². The summed E-state index contributed by atoms with van der Waals surface area (Å²) >= 11 is 1.57. The molecular formula is C16H16N2O2S. The Balaban J connectivity index is 1.93. The molecule has 2 aromatic carbocycles. The largest absolute Gasteiger partial charge is 0.417 e. The molecule has 3 N–H and O–H groups in total. The molecule has 3 rings (SSSR count). The van der Waals surface area contributed by atoms with Crippen molar-refractivity contribution in [2.45, 2.75) is 29.6 Å². The molecule has 0 amide bonds. The topological polar surface area (TPSA) is 72.0 Å². The van der Waals surface area contributed by atoms with E-state index in [4.69, 9.17) is 10.2 Å². The Bertz CT molecular complexity index is 832. The molecule has 0 aliphatic heterocycles. The average molecular weight is 300 g/mol. The number of nitrogens with one attached hydrogen (secondary N) is 1. The van der Waals surface area contributed by atoms with Crippen LogP contribution in [-0.4, -0.2) is 4.98 Å². The second-order valence-electron chi connectivity index (χ2n) is 5.23. The van der Waals surface area contributed by atoms with Gasteiger partial charge in [0.15, 0.2) is 5.58 Å². The van der Waals surface area contributed by atoms with E-state index in [0.717, 1.165) is 9.79 Å². The number of aromatic amines is 1. The summed E-state index contributed by atoms with van der Waals surface area (Å²) in [6.07, 6.45) is 0. The lowest BCUT2D eigenvalue weighted by molar-refractivity contribution is 0.555. The van der Waals surface area contributed by atoms with E-state index in [0.29, 0.717) is 22.7 Å². The lowest BCUT2D eigenvalue weighted by Gasteiger charge is -2.08. The Morgan fingerprint density at radius 3 is 2.57 bits per heavy atom. The third-order valence-corrected chi connectivity index (χ3v) is 4.41. The highest BCUT2D eigenvalue weighted by atomic mass is 32.2. The van der Waals surface area contributed by atoms with Crippen molar-refractivity contribution in [2.24, 2.45) is 0 Å².